The Morgan fingerprint density at radius 3 is 2.81 bits per heavy atom. The minimum Gasteiger partial charge on any atom is -0.618 e. The quantitative estimate of drug-likeness (QED) is 0.420. The number of carbonyl (C=O) groups is 1. The van der Waals surface area contributed by atoms with Gasteiger partial charge in [0, 0.05) is 19.1 Å². The summed E-state index contributed by atoms with van der Waals surface area (Å²) in [5, 5.41) is 20.2. The Morgan fingerprint density at radius 1 is 1.56 bits per heavy atom. The number of aliphatic hydroxyl groups excluding tert-OH is 1. The van der Waals surface area contributed by atoms with E-state index < -0.39 is 5.91 Å². The maximum atomic E-state index is 11.5. The summed E-state index contributed by atoms with van der Waals surface area (Å²) in [6.45, 7) is 1.87. The van der Waals surface area contributed by atoms with E-state index in [9.17, 15) is 10.0 Å². The van der Waals surface area contributed by atoms with Crippen molar-refractivity contribution in [3.05, 3.63) is 34.3 Å². The number of hydrogen-bond acceptors (Lipinski definition) is 3. The van der Waals surface area contributed by atoms with E-state index in [1.807, 2.05) is 0 Å². The molecule has 5 heteroatoms. The van der Waals surface area contributed by atoms with E-state index in [1.165, 1.54) is 6.20 Å². The minimum atomic E-state index is -0.594. The molecule has 1 heterocycles. The standard InChI is InChI=1S/C11H16N2O3/c1-8-6-9(4-2-3-5-14)13(16)7-10(8)11(12)15/h6-7,14H,2-5H2,1H3,(H2,12,15). The molecule has 0 spiro atoms. The lowest BCUT2D eigenvalue weighted by Gasteiger charge is -2.07. The number of primary amides is 1. The maximum absolute atomic E-state index is 11.5. The fraction of sp³-hybridized carbons (Fsp3) is 0.455. The monoisotopic (exact) mass is 224 g/mol. The van der Waals surface area contributed by atoms with Crippen molar-refractivity contribution in [1.82, 2.24) is 0 Å². The first-order valence-corrected chi connectivity index (χ1v) is 5.19. The molecular formula is C11H16N2O3. The minimum absolute atomic E-state index is 0.122. The summed E-state index contributed by atoms with van der Waals surface area (Å²) >= 11 is 0. The van der Waals surface area contributed by atoms with Gasteiger partial charge < -0.3 is 16.0 Å². The summed E-state index contributed by atoms with van der Waals surface area (Å²) in [5.41, 5.74) is 6.68. The number of nitrogens with two attached hydrogens (primary N) is 1. The zero-order chi connectivity index (χ0) is 12.1. The van der Waals surface area contributed by atoms with Crippen molar-refractivity contribution in [3.63, 3.8) is 0 Å². The van der Waals surface area contributed by atoms with E-state index in [-0.39, 0.29) is 12.2 Å². The molecule has 1 aromatic rings. The Balaban J connectivity index is 2.88. The largest absolute Gasteiger partial charge is 0.618 e. The zero-order valence-electron chi connectivity index (χ0n) is 9.27. The van der Waals surface area contributed by atoms with Gasteiger partial charge in [-0.15, -0.1) is 0 Å². The van der Waals surface area contributed by atoms with Crippen LogP contribution in [0.25, 0.3) is 0 Å². The van der Waals surface area contributed by atoms with Gasteiger partial charge in [-0.2, -0.15) is 4.73 Å². The number of aliphatic hydroxyl groups is 1. The predicted molar refractivity (Wildman–Crippen MR) is 58.7 cm³/mol. The molecule has 1 rings (SSSR count). The molecule has 0 aromatic carbocycles. The SMILES string of the molecule is Cc1cc(CCCCO)[n+]([O-])cc1C(N)=O. The van der Waals surface area contributed by atoms with Crippen molar-refractivity contribution < 1.29 is 14.6 Å². The number of carbonyl (C=O) groups excluding carboxylic acids is 1. The van der Waals surface area contributed by atoms with E-state index in [0.29, 0.717) is 28.8 Å². The first-order chi connectivity index (χ1) is 7.56. The predicted octanol–water partition coefficient (Wildman–Crippen LogP) is 0.0423. The van der Waals surface area contributed by atoms with Gasteiger partial charge in [0.15, 0.2) is 11.9 Å². The first-order valence-electron chi connectivity index (χ1n) is 5.19. The van der Waals surface area contributed by atoms with Gasteiger partial charge in [-0.1, -0.05) is 0 Å². The van der Waals surface area contributed by atoms with Crippen LogP contribution in [0.3, 0.4) is 0 Å². The topological polar surface area (TPSA) is 90.3 Å². The highest BCUT2D eigenvalue weighted by molar-refractivity contribution is 5.93. The molecule has 16 heavy (non-hydrogen) atoms. The molecule has 5 nitrogen and oxygen atoms in total. The van der Waals surface area contributed by atoms with Crippen LogP contribution in [0.15, 0.2) is 12.3 Å². The fourth-order valence-electron chi connectivity index (χ4n) is 1.55. The number of aromatic nitrogens is 1. The van der Waals surface area contributed by atoms with Gasteiger partial charge >= 0.3 is 0 Å². The molecule has 0 aliphatic carbocycles. The Kier molecular flexibility index (Phi) is 4.25. The van der Waals surface area contributed by atoms with Crippen LogP contribution in [0.2, 0.25) is 0 Å². The second-order valence-electron chi connectivity index (χ2n) is 3.73. The van der Waals surface area contributed by atoms with Crippen molar-refractivity contribution in [2.24, 2.45) is 5.73 Å². The molecule has 88 valence electrons. The van der Waals surface area contributed by atoms with Crippen LogP contribution in [0.1, 0.15) is 34.5 Å². The number of aryl methyl sites for hydroxylation is 2. The van der Waals surface area contributed by atoms with Crippen LogP contribution in [0, 0.1) is 12.1 Å². The molecule has 1 amide bonds. The zero-order valence-corrected chi connectivity index (χ0v) is 9.27. The normalized spacial score (nSPS) is 10.4. The van der Waals surface area contributed by atoms with Gasteiger partial charge in [0.05, 0.1) is 0 Å². The molecule has 0 aliphatic rings. The smallest absolute Gasteiger partial charge is 0.255 e. The van der Waals surface area contributed by atoms with Gasteiger partial charge in [0.25, 0.3) is 5.91 Å². The third kappa shape index (κ3) is 2.93. The van der Waals surface area contributed by atoms with Crippen LogP contribution >= 0.6 is 0 Å². The lowest BCUT2D eigenvalue weighted by Crippen LogP contribution is -2.34. The lowest BCUT2D eigenvalue weighted by atomic mass is 10.1. The van der Waals surface area contributed by atoms with Crippen molar-refractivity contribution in [2.45, 2.75) is 26.2 Å². The second-order valence-corrected chi connectivity index (χ2v) is 3.73. The Labute approximate surface area is 94.1 Å². The van der Waals surface area contributed by atoms with Gasteiger partial charge in [0.2, 0.25) is 0 Å². The summed E-state index contributed by atoms with van der Waals surface area (Å²) < 4.78 is 0.671. The van der Waals surface area contributed by atoms with E-state index in [1.54, 1.807) is 13.0 Å². The number of pyridine rings is 1. The molecule has 0 bridgehead atoms. The Bertz CT molecular complexity index is 391. The summed E-state index contributed by atoms with van der Waals surface area (Å²) in [6.07, 6.45) is 3.21. The highest BCUT2D eigenvalue weighted by Crippen LogP contribution is 2.08. The molecule has 0 radical (unpaired) electrons. The third-order valence-corrected chi connectivity index (χ3v) is 2.44. The first kappa shape index (κ1) is 12.4. The average molecular weight is 224 g/mol. The maximum Gasteiger partial charge on any atom is 0.255 e. The summed E-state index contributed by atoms with van der Waals surface area (Å²) in [7, 11) is 0. The van der Waals surface area contributed by atoms with Crippen molar-refractivity contribution in [1.29, 1.82) is 0 Å². The summed E-state index contributed by atoms with van der Waals surface area (Å²) in [4.78, 5) is 11.0. The molecule has 0 saturated carbocycles. The van der Waals surface area contributed by atoms with E-state index in [0.717, 1.165) is 6.42 Å². The molecule has 0 unspecified atom stereocenters. The molecule has 0 aliphatic heterocycles. The third-order valence-electron chi connectivity index (χ3n) is 2.44. The van der Waals surface area contributed by atoms with E-state index >= 15 is 0 Å². The lowest BCUT2D eigenvalue weighted by molar-refractivity contribution is -0.614. The second kappa shape index (κ2) is 5.46. The van der Waals surface area contributed by atoms with E-state index in [2.05, 4.69) is 0 Å². The van der Waals surface area contributed by atoms with E-state index in [4.69, 9.17) is 10.8 Å². The van der Waals surface area contributed by atoms with Gasteiger partial charge in [0.1, 0.15) is 5.56 Å². The van der Waals surface area contributed by atoms with Crippen molar-refractivity contribution in [2.75, 3.05) is 6.61 Å². The summed E-state index contributed by atoms with van der Waals surface area (Å²) in [5.74, 6) is -0.594. The van der Waals surface area contributed by atoms with Gasteiger partial charge in [-0.05, 0) is 25.3 Å². The molecule has 0 fully saturated rings. The highest BCUT2D eigenvalue weighted by atomic mass is 16.5. The molecular weight excluding hydrogens is 208 g/mol. The fourth-order valence-corrected chi connectivity index (χ4v) is 1.55. The number of unbranched alkanes of at least 4 members (excludes halogenated alkanes) is 1. The van der Waals surface area contributed by atoms with Crippen LogP contribution in [-0.4, -0.2) is 17.6 Å². The van der Waals surface area contributed by atoms with Crippen LogP contribution in [0.5, 0.6) is 0 Å². The van der Waals surface area contributed by atoms with Gasteiger partial charge in [-0.25, -0.2) is 0 Å². The number of nitrogens with zero attached hydrogens (tertiary/aromatic N) is 1. The van der Waals surface area contributed by atoms with Crippen molar-refractivity contribution in [3.8, 4) is 0 Å². The van der Waals surface area contributed by atoms with Gasteiger partial charge in [-0.3, -0.25) is 4.79 Å². The molecule has 1 aromatic heterocycles. The highest BCUT2D eigenvalue weighted by Gasteiger charge is 2.13. The summed E-state index contributed by atoms with van der Waals surface area (Å²) in [6, 6.07) is 1.67. The van der Waals surface area contributed by atoms with Crippen molar-refractivity contribution >= 4 is 5.91 Å². The van der Waals surface area contributed by atoms with Crippen LogP contribution < -0.4 is 10.5 Å². The molecule has 3 N–H and O–H groups in total. The Hall–Kier alpha value is -1.62. The number of rotatable bonds is 5. The number of amides is 1. The molecule has 0 saturated heterocycles. The average Bonchev–Trinajstić information content (AvgIpc) is 2.22. The Morgan fingerprint density at radius 2 is 2.25 bits per heavy atom. The van der Waals surface area contributed by atoms with Crippen LogP contribution in [-0.2, 0) is 6.42 Å². The van der Waals surface area contributed by atoms with Crippen LogP contribution in [0.4, 0.5) is 0 Å². The number of hydrogen-bond donors (Lipinski definition) is 2. The molecule has 0 atom stereocenters.